The summed E-state index contributed by atoms with van der Waals surface area (Å²) in [6.07, 6.45) is 5.27. The molecule has 2 aromatic heterocycles. The molecule has 4 rings (SSSR count). The zero-order chi connectivity index (χ0) is 26.0. The number of rotatable bonds is 7. The molecular formula is C27H32N4O4S. The van der Waals surface area contributed by atoms with Crippen molar-refractivity contribution in [1.82, 2.24) is 10.2 Å². The van der Waals surface area contributed by atoms with E-state index in [9.17, 15) is 19.5 Å². The quantitative estimate of drug-likeness (QED) is 0.364. The molecule has 3 aromatic rings. The number of hydrogen-bond acceptors (Lipinski definition) is 5. The first-order valence-electron chi connectivity index (χ1n) is 12.3. The van der Waals surface area contributed by atoms with Gasteiger partial charge in [0, 0.05) is 28.7 Å². The number of benzene rings is 1. The van der Waals surface area contributed by atoms with Crippen LogP contribution in [-0.2, 0) is 4.79 Å². The number of nitrogens with zero attached hydrogens (tertiary/aromatic N) is 2. The fraction of sp³-hybridized carbons (Fsp3) is 0.407. The van der Waals surface area contributed by atoms with Crippen molar-refractivity contribution in [2.75, 3.05) is 10.2 Å². The highest BCUT2D eigenvalue weighted by Crippen LogP contribution is 2.40. The van der Waals surface area contributed by atoms with Gasteiger partial charge in [-0.1, -0.05) is 19.1 Å². The normalized spacial score (nSPS) is 17.7. The molecule has 0 spiro atoms. The Hall–Kier alpha value is -3.46. The van der Waals surface area contributed by atoms with Gasteiger partial charge >= 0.3 is 5.97 Å². The average Bonchev–Trinajstić information content (AvgIpc) is 3.47. The number of amides is 2. The van der Waals surface area contributed by atoms with Crippen molar-refractivity contribution in [3.8, 4) is 10.4 Å². The highest BCUT2D eigenvalue weighted by atomic mass is 32.1. The summed E-state index contributed by atoms with van der Waals surface area (Å²) in [5.41, 5.74) is 2.97. The summed E-state index contributed by atoms with van der Waals surface area (Å²) in [5.74, 6) is -0.743. The van der Waals surface area contributed by atoms with Gasteiger partial charge in [0.05, 0.1) is 16.9 Å². The van der Waals surface area contributed by atoms with E-state index in [0.29, 0.717) is 28.6 Å². The first-order chi connectivity index (χ1) is 17.2. The van der Waals surface area contributed by atoms with E-state index in [2.05, 4.69) is 22.4 Å². The molecule has 1 fully saturated rings. The second-order valence-electron chi connectivity index (χ2n) is 9.80. The SMILES string of the molecule is Cc1n[nH]cc1C(=O)Nc1ccc(-c2cc(N(C(=O)C3CCC(C)CC3)C(C)C)c(C(=O)O)s2)cc1. The predicted molar refractivity (Wildman–Crippen MR) is 142 cm³/mol. The molecule has 0 saturated heterocycles. The molecule has 0 bridgehead atoms. The number of aromatic nitrogens is 2. The molecule has 8 nitrogen and oxygen atoms in total. The fourth-order valence-electron chi connectivity index (χ4n) is 4.72. The minimum Gasteiger partial charge on any atom is -0.477 e. The molecule has 1 aliphatic carbocycles. The number of anilines is 2. The lowest BCUT2D eigenvalue weighted by Crippen LogP contribution is -2.42. The molecular weight excluding hydrogens is 476 g/mol. The lowest BCUT2D eigenvalue weighted by atomic mass is 9.82. The summed E-state index contributed by atoms with van der Waals surface area (Å²) in [6, 6.07) is 8.86. The minimum absolute atomic E-state index is 0.0105. The zero-order valence-electron chi connectivity index (χ0n) is 21.0. The lowest BCUT2D eigenvalue weighted by Gasteiger charge is -2.33. The monoisotopic (exact) mass is 508 g/mol. The summed E-state index contributed by atoms with van der Waals surface area (Å²) in [6.45, 7) is 7.81. The van der Waals surface area contributed by atoms with Crippen LogP contribution in [0, 0.1) is 18.8 Å². The second kappa shape index (κ2) is 10.7. The van der Waals surface area contributed by atoms with Gasteiger partial charge in [0.1, 0.15) is 4.88 Å². The van der Waals surface area contributed by atoms with Gasteiger partial charge in [-0.2, -0.15) is 5.10 Å². The maximum absolute atomic E-state index is 13.5. The Balaban J connectivity index is 1.59. The molecule has 1 saturated carbocycles. The standard InChI is InChI=1S/C27H32N4O4S/c1-15(2)31(26(33)19-7-5-16(3)6-8-19)22-13-23(36-24(22)27(34)35)18-9-11-20(12-10-18)29-25(32)21-14-28-30-17(21)4/h9-16,19H,5-8H2,1-4H3,(H,28,30)(H,29,32)(H,34,35). The Morgan fingerprint density at radius 2 is 1.81 bits per heavy atom. The Kier molecular flexibility index (Phi) is 7.59. The molecule has 36 heavy (non-hydrogen) atoms. The van der Waals surface area contributed by atoms with Gasteiger partial charge in [-0.25, -0.2) is 4.79 Å². The van der Waals surface area contributed by atoms with Crippen LogP contribution in [0.25, 0.3) is 10.4 Å². The van der Waals surface area contributed by atoms with Crippen molar-refractivity contribution >= 4 is 40.5 Å². The molecule has 0 unspecified atom stereocenters. The third kappa shape index (κ3) is 5.36. The molecule has 2 heterocycles. The molecule has 1 aliphatic rings. The number of carbonyl (C=O) groups is 3. The van der Waals surface area contributed by atoms with Crippen LogP contribution < -0.4 is 10.2 Å². The molecule has 9 heteroatoms. The van der Waals surface area contributed by atoms with Crippen LogP contribution in [0.3, 0.4) is 0 Å². The predicted octanol–water partition coefficient (Wildman–Crippen LogP) is 5.96. The zero-order valence-corrected chi connectivity index (χ0v) is 21.8. The minimum atomic E-state index is -1.05. The van der Waals surface area contributed by atoms with Crippen molar-refractivity contribution in [3.63, 3.8) is 0 Å². The third-order valence-corrected chi connectivity index (χ3v) is 7.95. The van der Waals surface area contributed by atoms with E-state index < -0.39 is 5.97 Å². The van der Waals surface area contributed by atoms with E-state index in [-0.39, 0.29) is 28.7 Å². The van der Waals surface area contributed by atoms with Crippen molar-refractivity contribution in [1.29, 1.82) is 0 Å². The number of H-pyrrole nitrogens is 1. The van der Waals surface area contributed by atoms with Crippen molar-refractivity contribution in [2.45, 2.75) is 59.4 Å². The van der Waals surface area contributed by atoms with Crippen LogP contribution >= 0.6 is 11.3 Å². The van der Waals surface area contributed by atoms with Crippen LogP contribution in [0.2, 0.25) is 0 Å². The third-order valence-electron chi connectivity index (χ3n) is 6.79. The first kappa shape index (κ1) is 25.6. The molecule has 3 N–H and O–H groups in total. The second-order valence-corrected chi connectivity index (χ2v) is 10.9. The van der Waals surface area contributed by atoms with Crippen molar-refractivity contribution in [3.05, 3.63) is 52.7 Å². The topological polar surface area (TPSA) is 115 Å². The van der Waals surface area contributed by atoms with Crippen LogP contribution in [0.1, 0.15) is 72.2 Å². The molecule has 0 atom stereocenters. The number of carboxylic acid groups (broad SMARTS) is 1. The van der Waals surface area contributed by atoms with E-state index in [1.54, 1.807) is 36.2 Å². The Morgan fingerprint density at radius 3 is 2.36 bits per heavy atom. The van der Waals surface area contributed by atoms with E-state index in [4.69, 9.17) is 0 Å². The molecule has 1 aromatic carbocycles. The summed E-state index contributed by atoms with van der Waals surface area (Å²) in [5, 5.41) is 19.4. The summed E-state index contributed by atoms with van der Waals surface area (Å²) in [7, 11) is 0. The number of thiophene rings is 1. The maximum atomic E-state index is 13.5. The van der Waals surface area contributed by atoms with Crippen LogP contribution in [-0.4, -0.2) is 39.1 Å². The summed E-state index contributed by atoms with van der Waals surface area (Å²) in [4.78, 5) is 40.7. The largest absolute Gasteiger partial charge is 0.477 e. The van der Waals surface area contributed by atoms with E-state index in [1.807, 2.05) is 26.0 Å². The van der Waals surface area contributed by atoms with Crippen molar-refractivity contribution < 1.29 is 19.5 Å². The Bertz CT molecular complexity index is 1250. The highest BCUT2D eigenvalue weighted by Gasteiger charge is 2.33. The maximum Gasteiger partial charge on any atom is 0.348 e. The van der Waals surface area contributed by atoms with Gasteiger partial charge in [0.15, 0.2) is 0 Å². The van der Waals surface area contributed by atoms with Gasteiger partial charge in [0.25, 0.3) is 5.91 Å². The molecule has 190 valence electrons. The lowest BCUT2D eigenvalue weighted by molar-refractivity contribution is -0.123. The summed E-state index contributed by atoms with van der Waals surface area (Å²) < 4.78 is 0. The van der Waals surface area contributed by atoms with Gasteiger partial charge in [-0.3, -0.25) is 14.7 Å². The number of aromatic carboxylic acids is 1. The Morgan fingerprint density at radius 1 is 1.14 bits per heavy atom. The number of carboxylic acids is 1. The van der Waals surface area contributed by atoms with Gasteiger partial charge in [0.2, 0.25) is 5.91 Å². The van der Waals surface area contributed by atoms with E-state index in [0.717, 1.165) is 47.5 Å². The first-order valence-corrected chi connectivity index (χ1v) is 13.1. The number of aryl methyl sites for hydroxylation is 1. The van der Waals surface area contributed by atoms with E-state index in [1.165, 1.54) is 0 Å². The fourth-order valence-corrected chi connectivity index (χ4v) is 5.71. The Labute approximate surface area is 214 Å². The molecule has 2 amide bonds. The van der Waals surface area contributed by atoms with Gasteiger partial charge in [-0.05, 0) is 76.1 Å². The molecule has 0 aliphatic heterocycles. The smallest absolute Gasteiger partial charge is 0.348 e. The summed E-state index contributed by atoms with van der Waals surface area (Å²) >= 11 is 1.16. The van der Waals surface area contributed by atoms with Crippen molar-refractivity contribution in [2.24, 2.45) is 11.8 Å². The number of carbonyl (C=O) groups excluding carboxylic acids is 2. The van der Waals surface area contributed by atoms with Crippen LogP contribution in [0.15, 0.2) is 36.5 Å². The van der Waals surface area contributed by atoms with Crippen LogP contribution in [0.4, 0.5) is 11.4 Å². The number of hydrogen-bond donors (Lipinski definition) is 3. The van der Waals surface area contributed by atoms with E-state index >= 15 is 0 Å². The molecule has 0 radical (unpaired) electrons. The number of aromatic amines is 1. The highest BCUT2D eigenvalue weighted by molar-refractivity contribution is 7.18. The number of nitrogens with one attached hydrogen (secondary N) is 2. The van der Waals surface area contributed by atoms with Gasteiger partial charge < -0.3 is 15.3 Å². The van der Waals surface area contributed by atoms with Crippen LogP contribution in [0.5, 0.6) is 0 Å². The average molecular weight is 509 g/mol. The van der Waals surface area contributed by atoms with Gasteiger partial charge in [-0.15, -0.1) is 11.3 Å².